The Balaban J connectivity index is 1.79. The first-order valence-corrected chi connectivity index (χ1v) is 11.3. The number of rotatable bonds is 8. The van der Waals surface area contributed by atoms with Crippen molar-refractivity contribution in [2.45, 2.75) is 38.0 Å². The van der Waals surface area contributed by atoms with E-state index in [-0.39, 0.29) is 10.8 Å². The quantitative estimate of drug-likeness (QED) is 0.713. The molecule has 0 atom stereocenters. The normalized spacial score (nSPS) is 14.2. The Kier molecular flexibility index (Phi) is 6.59. The topological polar surface area (TPSA) is 75.7 Å². The Morgan fingerprint density at radius 3 is 2.48 bits per heavy atom. The van der Waals surface area contributed by atoms with Gasteiger partial charge in [-0.1, -0.05) is 26.0 Å². The monoisotopic (exact) mass is 416 g/mol. The van der Waals surface area contributed by atoms with Crippen molar-refractivity contribution in [2.75, 3.05) is 29.9 Å². The van der Waals surface area contributed by atoms with E-state index in [9.17, 15) is 13.2 Å². The van der Waals surface area contributed by atoms with E-state index in [0.717, 1.165) is 23.2 Å². The van der Waals surface area contributed by atoms with Crippen molar-refractivity contribution in [3.63, 3.8) is 0 Å². The zero-order chi connectivity index (χ0) is 21.0. The van der Waals surface area contributed by atoms with Gasteiger partial charge < -0.3 is 9.64 Å². The number of nitrogens with one attached hydrogen (secondary N) is 1. The summed E-state index contributed by atoms with van der Waals surface area (Å²) in [5, 5.41) is 0. The molecule has 29 heavy (non-hydrogen) atoms. The summed E-state index contributed by atoms with van der Waals surface area (Å²) >= 11 is 0. The number of aryl methyl sites for hydroxylation is 1. The zero-order valence-electron chi connectivity index (χ0n) is 17.1. The highest BCUT2D eigenvalue weighted by Gasteiger charge is 2.24. The lowest BCUT2D eigenvalue weighted by atomic mass is 10.0. The lowest BCUT2D eigenvalue weighted by molar-refractivity contribution is -0.119. The van der Waals surface area contributed by atoms with E-state index in [2.05, 4.69) is 18.6 Å². The van der Waals surface area contributed by atoms with Gasteiger partial charge in [0.15, 0.2) is 0 Å². The number of hydrogen-bond acceptors (Lipinski definition) is 4. The standard InChI is InChI=1S/C22H28N2O4S/c1-16(2)14-17-4-8-20(9-5-17)29(26,27)23-19-7-10-21-18(15-19)6-11-22(25)24(21)12-13-28-3/h4-5,7-10,15-16,23H,6,11-14H2,1-3H3. The lowest BCUT2D eigenvalue weighted by Gasteiger charge is -2.29. The van der Waals surface area contributed by atoms with Crippen LogP contribution in [0.2, 0.25) is 0 Å². The molecule has 2 aromatic carbocycles. The van der Waals surface area contributed by atoms with Gasteiger partial charge >= 0.3 is 0 Å². The van der Waals surface area contributed by atoms with Crippen LogP contribution in [0.5, 0.6) is 0 Å². The molecule has 1 aliphatic rings. The van der Waals surface area contributed by atoms with Crippen LogP contribution in [0.25, 0.3) is 0 Å². The molecule has 7 heteroatoms. The number of sulfonamides is 1. The van der Waals surface area contributed by atoms with Crippen molar-refractivity contribution in [1.29, 1.82) is 0 Å². The summed E-state index contributed by atoms with van der Waals surface area (Å²) in [7, 11) is -2.07. The minimum absolute atomic E-state index is 0.0596. The maximum atomic E-state index is 12.8. The van der Waals surface area contributed by atoms with Crippen LogP contribution in [-0.2, 0) is 32.4 Å². The first kappa shape index (κ1) is 21.3. The predicted octanol–water partition coefficient (Wildman–Crippen LogP) is 3.61. The van der Waals surface area contributed by atoms with Crippen molar-refractivity contribution in [2.24, 2.45) is 5.92 Å². The molecule has 0 aromatic heterocycles. The average Bonchev–Trinajstić information content (AvgIpc) is 2.67. The number of methoxy groups -OCH3 is 1. The number of hydrogen-bond donors (Lipinski definition) is 1. The molecule has 6 nitrogen and oxygen atoms in total. The molecule has 1 N–H and O–H groups in total. The number of carbonyl (C=O) groups excluding carboxylic acids is 1. The van der Waals surface area contributed by atoms with E-state index in [1.165, 1.54) is 0 Å². The number of fused-ring (bicyclic) bond motifs is 1. The second-order valence-corrected chi connectivity index (χ2v) is 9.41. The molecule has 0 saturated heterocycles. The van der Waals surface area contributed by atoms with Gasteiger partial charge in [0.2, 0.25) is 5.91 Å². The number of amides is 1. The van der Waals surface area contributed by atoms with Crippen molar-refractivity contribution < 1.29 is 17.9 Å². The van der Waals surface area contributed by atoms with Gasteiger partial charge in [0.25, 0.3) is 10.0 Å². The van der Waals surface area contributed by atoms with Crippen LogP contribution in [0.1, 0.15) is 31.4 Å². The van der Waals surface area contributed by atoms with Crippen LogP contribution in [0.4, 0.5) is 11.4 Å². The molecule has 1 aliphatic heterocycles. The Morgan fingerprint density at radius 2 is 1.83 bits per heavy atom. The Labute approximate surface area is 172 Å². The minimum Gasteiger partial charge on any atom is -0.383 e. The SMILES string of the molecule is COCCN1C(=O)CCc2cc(NS(=O)(=O)c3ccc(CC(C)C)cc3)ccc21. The van der Waals surface area contributed by atoms with Gasteiger partial charge in [-0.05, 0) is 60.2 Å². The molecule has 0 spiro atoms. The van der Waals surface area contributed by atoms with Crippen molar-refractivity contribution in [3.8, 4) is 0 Å². The Morgan fingerprint density at radius 1 is 1.10 bits per heavy atom. The molecular weight excluding hydrogens is 388 g/mol. The summed E-state index contributed by atoms with van der Waals surface area (Å²) in [6, 6.07) is 12.3. The minimum atomic E-state index is -3.67. The van der Waals surface area contributed by atoms with Crippen LogP contribution in [0, 0.1) is 5.92 Å². The fourth-order valence-electron chi connectivity index (χ4n) is 3.54. The fraction of sp³-hybridized carbons (Fsp3) is 0.409. The number of carbonyl (C=O) groups is 1. The highest BCUT2D eigenvalue weighted by molar-refractivity contribution is 7.92. The maximum absolute atomic E-state index is 12.8. The molecule has 3 rings (SSSR count). The largest absolute Gasteiger partial charge is 0.383 e. The van der Waals surface area contributed by atoms with Gasteiger partial charge in [-0.2, -0.15) is 0 Å². The Bertz CT molecular complexity index is 969. The summed E-state index contributed by atoms with van der Waals surface area (Å²) in [4.78, 5) is 14.2. The fourth-order valence-corrected chi connectivity index (χ4v) is 4.59. The van der Waals surface area contributed by atoms with Gasteiger partial charge in [0.1, 0.15) is 0 Å². The number of benzene rings is 2. The first-order chi connectivity index (χ1) is 13.8. The molecule has 1 amide bonds. The third kappa shape index (κ3) is 5.16. The molecule has 156 valence electrons. The maximum Gasteiger partial charge on any atom is 0.261 e. The van der Waals surface area contributed by atoms with Gasteiger partial charge in [0.05, 0.1) is 11.5 Å². The Hall–Kier alpha value is -2.38. The summed E-state index contributed by atoms with van der Waals surface area (Å²) in [5.41, 5.74) is 3.39. The summed E-state index contributed by atoms with van der Waals surface area (Å²) in [6.45, 7) is 5.20. The van der Waals surface area contributed by atoms with E-state index >= 15 is 0 Å². The van der Waals surface area contributed by atoms with Crippen molar-refractivity contribution in [1.82, 2.24) is 0 Å². The number of anilines is 2. The average molecular weight is 417 g/mol. The molecule has 1 heterocycles. The molecular formula is C22H28N2O4S. The van der Waals surface area contributed by atoms with Gasteiger partial charge in [0, 0.05) is 31.5 Å². The van der Waals surface area contributed by atoms with E-state index in [4.69, 9.17) is 4.74 Å². The second kappa shape index (κ2) is 8.97. The molecule has 0 fully saturated rings. The lowest BCUT2D eigenvalue weighted by Crippen LogP contribution is -2.37. The van der Waals surface area contributed by atoms with E-state index in [1.54, 1.807) is 36.3 Å². The molecule has 0 radical (unpaired) electrons. The molecule has 0 aliphatic carbocycles. The van der Waals surface area contributed by atoms with Crippen LogP contribution < -0.4 is 9.62 Å². The van der Waals surface area contributed by atoms with Crippen LogP contribution in [0.15, 0.2) is 47.4 Å². The van der Waals surface area contributed by atoms with Crippen LogP contribution in [0.3, 0.4) is 0 Å². The highest BCUT2D eigenvalue weighted by atomic mass is 32.2. The molecule has 0 saturated carbocycles. The predicted molar refractivity (Wildman–Crippen MR) is 115 cm³/mol. The summed E-state index contributed by atoms with van der Waals surface area (Å²) < 4.78 is 33.3. The summed E-state index contributed by atoms with van der Waals surface area (Å²) in [5.74, 6) is 0.575. The molecule has 2 aromatic rings. The summed E-state index contributed by atoms with van der Waals surface area (Å²) in [6.07, 6.45) is 1.91. The van der Waals surface area contributed by atoms with E-state index in [0.29, 0.717) is 37.6 Å². The van der Waals surface area contributed by atoms with Gasteiger partial charge in [-0.3, -0.25) is 9.52 Å². The van der Waals surface area contributed by atoms with Crippen LogP contribution in [-0.4, -0.2) is 34.6 Å². The van der Waals surface area contributed by atoms with Crippen molar-refractivity contribution >= 4 is 27.3 Å². The van der Waals surface area contributed by atoms with E-state index in [1.807, 2.05) is 18.2 Å². The third-order valence-electron chi connectivity index (χ3n) is 4.93. The first-order valence-electron chi connectivity index (χ1n) is 9.84. The zero-order valence-corrected chi connectivity index (χ0v) is 18.0. The second-order valence-electron chi connectivity index (χ2n) is 7.73. The number of ether oxygens (including phenoxy) is 1. The number of nitrogens with zero attached hydrogens (tertiary/aromatic N) is 1. The smallest absolute Gasteiger partial charge is 0.261 e. The van der Waals surface area contributed by atoms with Gasteiger partial charge in [-0.25, -0.2) is 8.42 Å². The molecule has 0 bridgehead atoms. The van der Waals surface area contributed by atoms with E-state index < -0.39 is 10.0 Å². The highest BCUT2D eigenvalue weighted by Crippen LogP contribution is 2.31. The van der Waals surface area contributed by atoms with Crippen LogP contribution >= 0.6 is 0 Å². The van der Waals surface area contributed by atoms with Crippen molar-refractivity contribution in [3.05, 3.63) is 53.6 Å². The third-order valence-corrected chi connectivity index (χ3v) is 6.33. The molecule has 0 unspecified atom stereocenters. The van der Waals surface area contributed by atoms with Gasteiger partial charge in [-0.15, -0.1) is 0 Å².